The summed E-state index contributed by atoms with van der Waals surface area (Å²) in [4.78, 5) is 69.8. The summed E-state index contributed by atoms with van der Waals surface area (Å²) in [6.45, 7) is 3.69. The van der Waals surface area contributed by atoms with Gasteiger partial charge in [-0.05, 0) is 56.4 Å². The van der Waals surface area contributed by atoms with E-state index in [0.717, 1.165) is 38.8 Å². The molecule has 13 heteroatoms. The molecule has 1 aromatic carbocycles. The lowest BCUT2D eigenvalue weighted by Crippen LogP contribution is -2.45. The van der Waals surface area contributed by atoms with Gasteiger partial charge in [0.05, 0.1) is 12.1 Å². The maximum absolute atomic E-state index is 13.6. The van der Waals surface area contributed by atoms with E-state index in [1.807, 2.05) is 0 Å². The molecule has 1 atom stereocenters. The molecule has 0 saturated carbocycles. The average molecular weight is 589 g/mol. The lowest BCUT2D eigenvalue weighted by molar-refractivity contribution is -0.140. The topological polar surface area (TPSA) is 153 Å². The van der Waals surface area contributed by atoms with Crippen LogP contribution >= 0.6 is 0 Å². The third-order valence-electron chi connectivity index (χ3n) is 7.46. The van der Waals surface area contributed by atoms with Gasteiger partial charge in [-0.3, -0.25) is 29.5 Å². The number of aryl methyl sites for hydroxylation is 1. The van der Waals surface area contributed by atoms with Gasteiger partial charge < -0.3 is 24.4 Å². The Morgan fingerprint density at radius 2 is 1.84 bits per heavy atom. The first-order valence-electron chi connectivity index (χ1n) is 14.5. The molecule has 226 valence electrons. The third-order valence-corrected chi connectivity index (χ3v) is 7.46. The third kappa shape index (κ3) is 7.16. The van der Waals surface area contributed by atoms with Gasteiger partial charge in [0.15, 0.2) is 11.5 Å². The lowest BCUT2D eigenvalue weighted by Gasteiger charge is -2.25. The summed E-state index contributed by atoms with van der Waals surface area (Å²) in [5.74, 6) is -0.546. The minimum atomic E-state index is -0.800. The monoisotopic (exact) mass is 588 g/mol. The lowest BCUT2D eigenvalue weighted by atomic mass is 10.1. The highest BCUT2D eigenvalue weighted by molar-refractivity contribution is 6.11. The quantitative estimate of drug-likeness (QED) is 0.329. The summed E-state index contributed by atoms with van der Waals surface area (Å²) >= 11 is 0. The molecule has 4 amide bonds. The molecule has 5 rings (SSSR count). The first kappa shape index (κ1) is 29.7. The fraction of sp³-hybridized carbons (Fsp3) is 0.433. The van der Waals surface area contributed by atoms with E-state index in [1.165, 1.54) is 23.2 Å². The summed E-state index contributed by atoms with van der Waals surface area (Å²) in [5, 5.41) is 5.89. The molecule has 3 aromatic rings. The van der Waals surface area contributed by atoms with Crippen LogP contribution in [0.25, 0.3) is 11.1 Å². The number of benzene rings is 1. The van der Waals surface area contributed by atoms with Gasteiger partial charge in [0.1, 0.15) is 17.3 Å². The molecule has 2 N–H and O–H groups in total. The number of aliphatic imine (C=N–C) groups is 1. The number of rotatable bonds is 6. The first-order chi connectivity index (χ1) is 20.7. The standard InChI is InChI=1S/C30H36N8O5/c1-19-32-22-12-10-21(16-25(22)43-19)33-30(35-27(40)20-9-11-23(31-17-20)28(41)36(2)3)34-24-8-4-5-15-38(29(24)42)18-26(39)37-13-6-7-14-37/h9-12,16-17,24H,4-8,13-15,18H2,1-3H3,(H2,33,34,35,40). The molecule has 2 aliphatic heterocycles. The molecule has 2 fully saturated rings. The molecule has 1 unspecified atom stereocenters. The van der Waals surface area contributed by atoms with Crippen LogP contribution in [0.2, 0.25) is 0 Å². The molecule has 2 aromatic heterocycles. The highest BCUT2D eigenvalue weighted by Crippen LogP contribution is 2.21. The van der Waals surface area contributed by atoms with Gasteiger partial charge >= 0.3 is 0 Å². The smallest absolute Gasteiger partial charge is 0.271 e. The zero-order valence-corrected chi connectivity index (χ0v) is 24.6. The van der Waals surface area contributed by atoms with Gasteiger partial charge in [-0.25, -0.2) is 9.98 Å². The number of nitrogens with one attached hydrogen (secondary N) is 2. The number of nitrogens with zero attached hydrogens (tertiary/aromatic N) is 6. The van der Waals surface area contributed by atoms with Crippen LogP contribution in [-0.4, -0.2) is 101 Å². The number of fused-ring (bicyclic) bond motifs is 1. The normalized spacial score (nSPS) is 17.6. The number of hydrogen-bond donors (Lipinski definition) is 2. The Labute approximate surface area is 249 Å². The fourth-order valence-electron chi connectivity index (χ4n) is 5.16. The van der Waals surface area contributed by atoms with Crippen LogP contribution in [0.1, 0.15) is 58.8 Å². The van der Waals surface area contributed by atoms with Crippen LogP contribution in [0.3, 0.4) is 0 Å². The molecule has 0 spiro atoms. The van der Waals surface area contributed by atoms with E-state index in [0.29, 0.717) is 35.6 Å². The Hall–Kier alpha value is -4.81. The second kappa shape index (κ2) is 13.0. The summed E-state index contributed by atoms with van der Waals surface area (Å²) in [7, 11) is 3.24. The Morgan fingerprint density at radius 1 is 1.07 bits per heavy atom. The van der Waals surface area contributed by atoms with Crippen molar-refractivity contribution >= 4 is 46.4 Å². The molecule has 4 heterocycles. The maximum Gasteiger partial charge on any atom is 0.271 e. The first-order valence-corrected chi connectivity index (χ1v) is 14.5. The average Bonchev–Trinajstić information content (AvgIpc) is 3.63. The number of aromatic nitrogens is 2. The Balaban J connectivity index is 1.39. The Morgan fingerprint density at radius 3 is 2.56 bits per heavy atom. The number of carbonyl (C=O) groups excluding carboxylic acids is 4. The minimum absolute atomic E-state index is 0.0190. The predicted molar refractivity (Wildman–Crippen MR) is 160 cm³/mol. The maximum atomic E-state index is 13.6. The van der Waals surface area contributed by atoms with Crippen LogP contribution < -0.4 is 10.6 Å². The highest BCUT2D eigenvalue weighted by atomic mass is 16.3. The fourth-order valence-corrected chi connectivity index (χ4v) is 5.16. The number of carbonyl (C=O) groups is 4. The molecule has 13 nitrogen and oxygen atoms in total. The number of likely N-dealkylation sites (tertiary alicyclic amines) is 2. The van der Waals surface area contributed by atoms with Crippen molar-refractivity contribution in [2.24, 2.45) is 4.99 Å². The van der Waals surface area contributed by atoms with E-state index in [9.17, 15) is 19.2 Å². The van der Waals surface area contributed by atoms with Crippen LogP contribution in [-0.2, 0) is 9.59 Å². The SMILES string of the molecule is Cc1nc2ccc(NC(=NC3CCCCN(CC(=O)N4CCCC4)C3=O)NC(=O)c3ccc(C(=O)N(C)C)nc3)cc2o1. The van der Waals surface area contributed by atoms with Crippen LogP contribution in [0, 0.1) is 6.92 Å². The summed E-state index contributed by atoms with van der Waals surface area (Å²) in [6, 6.07) is 7.46. The van der Waals surface area contributed by atoms with Crippen molar-refractivity contribution in [2.75, 3.05) is 45.6 Å². The number of pyridine rings is 1. The van der Waals surface area contributed by atoms with E-state index in [4.69, 9.17) is 4.42 Å². The van der Waals surface area contributed by atoms with Crippen molar-refractivity contribution in [2.45, 2.75) is 45.1 Å². The predicted octanol–water partition coefficient (Wildman–Crippen LogP) is 2.43. The molecule has 0 radical (unpaired) electrons. The van der Waals surface area contributed by atoms with Crippen molar-refractivity contribution in [3.63, 3.8) is 0 Å². The zero-order chi connectivity index (χ0) is 30.5. The number of guanidine groups is 1. The van der Waals surface area contributed by atoms with E-state index >= 15 is 0 Å². The largest absolute Gasteiger partial charge is 0.441 e. The van der Waals surface area contributed by atoms with Gasteiger partial charge in [0.25, 0.3) is 11.8 Å². The summed E-state index contributed by atoms with van der Waals surface area (Å²) in [5.41, 5.74) is 2.21. The van der Waals surface area contributed by atoms with E-state index in [-0.39, 0.29) is 41.5 Å². The van der Waals surface area contributed by atoms with Gasteiger partial charge in [0.2, 0.25) is 17.8 Å². The number of anilines is 1. The van der Waals surface area contributed by atoms with Crippen LogP contribution in [0.15, 0.2) is 45.9 Å². The molecule has 0 aliphatic carbocycles. The van der Waals surface area contributed by atoms with Crippen LogP contribution in [0.4, 0.5) is 5.69 Å². The van der Waals surface area contributed by atoms with Crippen molar-refractivity contribution < 1.29 is 23.6 Å². The van der Waals surface area contributed by atoms with Crippen molar-refractivity contribution in [1.29, 1.82) is 0 Å². The molecular formula is C30H36N8O5. The highest BCUT2D eigenvalue weighted by Gasteiger charge is 2.30. The molecule has 2 saturated heterocycles. The molecular weight excluding hydrogens is 552 g/mol. The molecule has 2 aliphatic rings. The summed E-state index contributed by atoms with van der Waals surface area (Å²) in [6.07, 6.45) is 5.23. The van der Waals surface area contributed by atoms with Crippen molar-refractivity contribution in [1.82, 2.24) is 30.0 Å². The van der Waals surface area contributed by atoms with Gasteiger partial charge in [-0.1, -0.05) is 0 Å². The molecule has 43 heavy (non-hydrogen) atoms. The Bertz CT molecular complexity index is 1540. The van der Waals surface area contributed by atoms with Gasteiger partial charge in [-0.2, -0.15) is 0 Å². The molecule has 0 bridgehead atoms. The second-order valence-corrected chi connectivity index (χ2v) is 11.0. The number of oxazole rings is 1. The number of amides is 4. The van der Waals surface area contributed by atoms with Crippen molar-refractivity contribution in [3.05, 3.63) is 53.7 Å². The minimum Gasteiger partial charge on any atom is -0.441 e. The zero-order valence-electron chi connectivity index (χ0n) is 24.6. The second-order valence-electron chi connectivity index (χ2n) is 11.0. The summed E-state index contributed by atoms with van der Waals surface area (Å²) < 4.78 is 5.65. The van der Waals surface area contributed by atoms with Crippen molar-refractivity contribution in [3.8, 4) is 0 Å². The van der Waals surface area contributed by atoms with Gasteiger partial charge in [0, 0.05) is 58.6 Å². The van der Waals surface area contributed by atoms with Crippen LogP contribution in [0.5, 0.6) is 0 Å². The number of hydrogen-bond acceptors (Lipinski definition) is 8. The van der Waals surface area contributed by atoms with E-state index in [1.54, 1.807) is 49.0 Å². The van der Waals surface area contributed by atoms with Gasteiger partial charge in [-0.15, -0.1) is 0 Å². The van der Waals surface area contributed by atoms with E-state index < -0.39 is 11.9 Å². The Kier molecular flexibility index (Phi) is 8.98. The van der Waals surface area contributed by atoms with E-state index in [2.05, 4.69) is 25.6 Å².